The molecular formula is C54H109Br2N11O4P2Y4. The molecule has 4 N–H and O–H groups in total. The van der Waals surface area contributed by atoms with Gasteiger partial charge in [0.2, 0.25) is 0 Å². The molecule has 6 heterocycles. The Kier molecular flexibility index (Phi) is 87.1. The van der Waals surface area contributed by atoms with E-state index in [-0.39, 0.29) is 150 Å². The van der Waals surface area contributed by atoms with E-state index >= 15 is 0 Å². The minimum Gasteiger partial charge on any atom is -0.385 e. The molecule has 0 fully saturated rings. The first kappa shape index (κ1) is 99.6. The zero-order valence-electron chi connectivity index (χ0n) is 55.9. The number of halogens is 2. The van der Waals surface area contributed by atoms with Crippen molar-refractivity contribution >= 4 is 68.4 Å². The molecule has 0 bridgehead atoms. The van der Waals surface area contributed by atoms with Gasteiger partial charge in [0.1, 0.15) is 23.9 Å². The normalized spacial score (nSPS) is 8.82. The van der Waals surface area contributed by atoms with Crippen molar-refractivity contribution in [2.75, 3.05) is 0 Å². The zero-order valence-corrected chi connectivity index (χ0v) is 68.8. The fourth-order valence-corrected chi connectivity index (χ4v) is 6.38. The van der Waals surface area contributed by atoms with Crippen LogP contribution < -0.4 is 5.69 Å². The average Bonchev–Trinajstić information content (AvgIpc) is 4.21. The van der Waals surface area contributed by atoms with Crippen molar-refractivity contribution in [3.05, 3.63) is 113 Å². The molecule has 6 aromatic heterocycles. The van der Waals surface area contributed by atoms with Crippen molar-refractivity contribution in [3.8, 4) is 0 Å². The number of aromatic nitrogens is 11. The van der Waals surface area contributed by atoms with Crippen molar-refractivity contribution in [3.63, 3.8) is 0 Å². The topological polar surface area (TPSA) is 198 Å². The van der Waals surface area contributed by atoms with E-state index < -0.39 is 6.10 Å². The molecule has 23 heteroatoms. The van der Waals surface area contributed by atoms with Crippen LogP contribution in [-0.2, 0) is 142 Å². The number of aliphatic hydroxyl groups excluding tert-OH is 1. The number of ketones is 1. The summed E-state index contributed by atoms with van der Waals surface area (Å²) in [7, 11) is 10.1. The smallest absolute Gasteiger partial charge is 0.331 e. The monoisotopic (exact) mass is 1560 g/mol. The van der Waals surface area contributed by atoms with Crippen LogP contribution in [-0.4, -0.2) is 70.1 Å². The van der Waals surface area contributed by atoms with Gasteiger partial charge in [0.05, 0.1) is 28.5 Å². The Bertz CT molecular complexity index is 2310. The molecule has 0 saturated carbocycles. The second-order valence-corrected chi connectivity index (χ2v) is 15.6. The second-order valence-electron chi connectivity index (χ2n) is 13.2. The average molecular weight is 1560 g/mol. The molecule has 0 aliphatic carbocycles. The Morgan fingerprint density at radius 3 is 1.31 bits per heavy atom. The molecule has 3 atom stereocenters. The molecule has 15 nitrogen and oxygen atoms in total. The van der Waals surface area contributed by atoms with Crippen molar-refractivity contribution in [1.29, 1.82) is 0 Å². The molecule has 0 aliphatic rings. The molecule has 77 heavy (non-hydrogen) atoms. The van der Waals surface area contributed by atoms with Crippen LogP contribution in [0.5, 0.6) is 0 Å². The Labute approximate surface area is 599 Å². The van der Waals surface area contributed by atoms with Crippen LogP contribution in [0.1, 0.15) is 230 Å². The van der Waals surface area contributed by atoms with Gasteiger partial charge in [0, 0.05) is 189 Å². The molecule has 0 aromatic carbocycles. The second kappa shape index (κ2) is 67.3. The number of nitrogens with zero attached hydrogens (tertiary/aromatic N) is 8. The number of Topliss-reactive ketones (excluding diaryl/α,β-unsaturated/α-hetero) is 1. The van der Waals surface area contributed by atoms with Crippen LogP contribution in [0.3, 0.4) is 0 Å². The summed E-state index contributed by atoms with van der Waals surface area (Å²) < 4.78 is 30.1. The quantitative estimate of drug-likeness (QED) is 0.0542. The van der Waals surface area contributed by atoms with Crippen LogP contribution >= 0.6 is 50.6 Å². The summed E-state index contributed by atoms with van der Waals surface area (Å²) in [5, 5.41) is 9.55. The number of fused-ring (bicyclic) bond motifs is 1. The Morgan fingerprint density at radius 2 is 1.06 bits per heavy atom. The van der Waals surface area contributed by atoms with Gasteiger partial charge in [-0.25, -0.2) is 34.1 Å². The van der Waals surface area contributed by atoms with Gasteiger partial charge in [-0.3, -0.25) is 4.79 Å². The van der Waals surface area contributed by atoms with E-state index in [9.17, 15) is 19.5 Å². The van der Waals surface area contributed by atoms with Gasteiger partial charge < -0.3 is 33.5 Å². The summed E-state index contributed by atoms with van der Waals surface area (Å²) in [6, 6.07) is 0. The van der Waals surface area contributed by atoms with Crippen LogP contribution in [0.25, 0.3) is 5.65 Å². The van der Waals surface area contributed by atoms with E-state index in [1.165, 1.54) is 35.3 Å². The van der Waals surface area contributed by atoms with E-state index in [1.54, 1.807) is 10.6 Å². The van der Waals surface area contributed by atoms with Crippen LogP contribution in [0.2, 0.25) is 0 Å². The first-order valence-corrected chi connectivity index (χ1v) is 25.9. The predicted molar refractivity (Wildman–Crippen MR) is 336 cm³/mol. The molecule has 6 aromatic rings. The van der Waals surface area contributed by atoms with Gasteiger partial charge >= 0.3 is 5.69 Å². The Morgan fingerprint density at radius 1 is 0.675 bits per heavy atom. The maximum Gasteiger partial charge on any atom is 0.331 e. The zero-order chi connectivity index (χ0) is 62.6. The van der Waals surface area contributed by atoms with Crippen LogP contribution in [0.4, 0.5) is 0 Å². The van der Waals surface area contributed by atoms with Crippen molar-refractivity contribution < 1.29 is 151 Å². The number of aromatic amines is 3. The first-order chi connectivity index (χ1) is 36.1. The van der Waals surface area contributed by atoms with Gasteiger partial charge in [-0.2, -0.15) is 0 Å². The third-order valence-corrected chi connectivity index (χ3v) is 11.6. The molecule has 0 spiro atoms. The number of aldehydes is 1. The number of rotatable bonds is 6. The fourth-order valence-electron chi connectivity index (χ4n) is 4.62. The summed E-state index contributed by atoms with van der Waals surface area (Å²) >= 11 is 6.51. The minimum atomic E-state index is -0.449. The number of aryl methyl sites for hydroxylation is 9. The summed E-state index contributed by atoms with van der Waals surface area (Å²) in [5.74, 6) is 1.29. The Hall–Kier alpha value is 0.536. The minimum absolute atomic E-state index is 0. The maximum absolute atomic E-state index is 11.5. The predicted octanol–water partition coefficient (Wildman–Crippen LogP) is 16.8. The van der Waals surface area contributed by atoms with Gasteiger partial charge in [0.15, 0.2) is 21.1 Å². The third kappa shape index (κ3) is 42.1. The summed E-state index contributed by atoms with van der Waals surface area (Å²) in [6.45, 7) is 49.2. The number of imidazole rings is 5. The standard InChI is InChI=1S/C10H13N3O.C8H15N2OP.C8H12N2O.C5H8BrN2P.C5H7BrN2.C3H6O.4C2H6.C2H4.5CH4.4Y/c1-4-8-5-11-10(14)13-7(3)6(2)12-9(8)13;1-4-7(11)8-9-5(2)6(3)10(8)12;1-4-7(11)8-9-5(2)6(3)10-8;1-3-4(2)8(9)5(6)7-3;1-3-4(2)8-5(6)7-3;1-2-3-4;5*1-2;;;;;;;;;/h5H,4H2,1-3H3,(H,11,14);7,11H,4,12H2,1-3H3;4H2,1-3H3,(H,9,10);9H2,1-2H3;1-2H3,(H,7,8);3H,2H2,1H3;4*1-2H3;1-2H2;5*1H4;;;;/i;;;;;;;;;;;4*1T;;;;;. The van der Waals surface area contributed by atoms with Gasteiger partial charge in [-0.1, -0.05) is 120 Å². The summed E-state index contributed by atoms with van der Waals surface area (Å²) in [6.07, 6.45) is 4.88. The van der Waals surface area contributed by atoms with Crippen molar-refractivity contribution in [2.45, 2.75) is 221 Å². The molecule has 3 unspecified atom stereocenters. The molecule has 440 valence electrons. The Balaban J connectivity index is -0.0000000526. The number of hydrogen-bond acceptors (Lipinski definition) is 9. The van der Waals surface area contributed by atoms with E-state index in [4.69, 9.17) is 5.48 Å². The van der Waals surface area contributed by atoms with Crippen molar-refractivity contribution in [2.24, 2.45) is 0 Å². The molecule has 0 saturated heterocycles. The maximum atomic E-state index is 11.5. The molecule has 0 amide bonds. The van der Waals surface area contributed by atoms with Crippen LogP contribution in [0, 0.1) is 69.2 Å². The third-order valence-electron chi connectivity index (χ3n) is 9.01. The van der Waals surface area contributed by atoms with E-state index in [0.29, 0.717) is 25.1 Å². The number of carbonyl (C=O) groups excluding carboxylic acids is 2. The number of nitrogens with one attached hydrogen (secondary N) is 3. The molecule has 0 aliphatic heterocycles. The first-order valence-electron chi connectivity index (χ1n) is 27.3. The fraction of sp³-hybridized carbons (Fsp3) is 0.593. The number of hydrogen-bond donors (Lipinski definition) is 4. The summed E-state index contributed by atoms with van der Waals surface area (Å²) in [4.78, 5) is 61.4. The summed E-state index contributed by atoms with van der Waals surface area (Å²) in [5.41, 5.74) is 11.9. The van der Waals surface area contributed by atoms with Crippen LogP contribution in [0.15, 0.2) is 33.6 Å². The number of H-pyrrole nitrogens is 3. The molecule has 4 radical (unpaired) electrons. The van der Waals surface area contributed by atoms with Gasteiger partial charge in [-0.05, 0) is 133 Å². The van der Waals surface area contributed by atoms with E-state index in [0.717, 1.165) is 90.5 Å². The van der Waals surface area contributed by atoms with E-state index in [1.807, 2.05) is 161 Å². The number of aliphatic hydroxyl groups is 1. The van der Waals surface area contributed by atoms with Gasteiger partial charge in [-0.15, -0.1) is 13.2 Å². The largest absolute Gasteiger partial charge is 0.385 e. The molecular weight excluding hydrogens is 1440 g/mol. The number of carbonyl (C=O) groups is 2. The van der Waals surface area contributed by atoms with Gasteiger partial charge in [0.25, 0.3) is 0 Å². The van der Waals surface area contributed by atoms with E-state index in [2.05, 4.69) is 104 Å². The van der Waals surface area contributed by atoms with Crippen molar-refractivity contribution in [1.82, 2.24) is 52.9 Å². The SMILES string of the molecule is C.C=C.CC.CC.CC.CC.CCC(=O)c1nc(C)c(C)[nH]1.CCC(O)c1nc(C)c(C)n1P.CCC=O.CCc1c[nH]c(=O)n2c(C)c(C)nc12.Cc1nc(Br)[nH]c1C.Cc1nc(Br)n(P)c1C.[3H]C.[3H]C.[3H]C.[3H]C.[Y].[Y].[Y].[Y]. The molecule has 6 rings (SSSR count).